The van der Waals surface area contributed by atoms with Crippen molar-refractivity contribution in [3.8, 4) is 0 Å². The third kappa shape index (κ3) is 3.85. The minimum Gasteiger partial charge on any atom is -0.466 e. The Labute approximate surface area is 142 Å². The van der Waals surface area contributed by atoms with E-state index in [0.29, 0.717) is 12.3 Å². The monoisotopic (exact) mass is 329 g/mol. The minimum absolute atomic E-state index is 0.208. The second-order valence-corrected chi connectivity index (χ2v) is 5.70. The number of aromatic amines is 1. The number of esters is 2. The summed E-state index contributed by atoms with van der Waals surface area (Å²) >= 11 is 0. The molecule has 0 spiro atoms. The summed E-state index contributed by atoms with van der Waals surface area (Å²) in [4.78, 5) is 27.4. The van der Waals surface area contributed by atoms with E-state index in [1.807, 2.05) is 44.2 Å². The molecule has 0 aliphatic rings. The van der Waals surface area contributed by atoms with Crippen molar-refractivity contribution in [2.24, 2.45) is 0 Å². The van der Waals surface area contributed by atoms with Crippen LogP contribution in [0, 0.1) is 13.8 Å². The molecule has 0 aliphatic heterocycles. The number of nitrogens with one attached hydrogen (secondary N) is 1. The lowest BCUT2D eigenvalue weighted by Gasteiger charge is -2.11. The van der Waals surface area contributed by atoms with E-state index < -0.39 is 11.9 Å². The molecule has 0 radical (unpaired) electrons. The Morgan fingerprint density at radius 1 is 1.12 bits per heavy atom. The zero-order valence-electron chi connectivity index (χ0n) is 14.5. The molecule has 1 heterocycles. The molecule has 0 bridgehead atoms. The molecule has 5 nitrogen and oxygen atoms in total. The summed E-state index contributed by atoms with van der Waals surface area (Å²) in [6, 6.07) is 9.49. The first-order valence-corrected chi connectivity index (χ1v) is 8.02. The number of ether oxygens (including phenoxy) is 2. The van der Waals surface area contributed by atoms with E-state index in [0.717, 1.165) is 22.4 Å². The van der Waals surface area contributed by atoms with Gasteiger partial charge in [-0.2, -0.15) is 0 Å². The quantitative estimate of drug-likeness (QED) is 0.821. The zero-order valence-corrected chi connectivity index (χ0v) is 14.5. The number of hydrogen-bond acceptors (Lipinski definition) is 4. The van der Waals surface area contributed by atoms with Gasteiger partial charge in [-0.05, 0) is 44.4 Å². The second kappa shape index (κ2) is 7.81. The maximum atomic E-state index is 12.4. The first-order valence-electron chi connectivity index (χ1n) is 8.02. The molecule has 1 N–H and O–H groups in total. The highest BCUT2D eigenvalue weighted by Gasteiger charge is 2.26. The number of rotatable bonds is 6. The maximum Gasteiger partial charge on any atom is 0.355 e. The minimum atomic E-state index is -0.433. The summed E-state index contributed by atoms with van der Waals surface area (Å²) in [5.74, 6) is -1.16. The number of aryl methyl sites for hydroxylation is 1. The molecule has 0 saturated heterocycles. The van der Waals surface area contributed by atoms with Gasteiger partial charge in [0.2, 0.25) is 0 Å². The van der Waals surface area contributed by atoms with Crippen LogP contribution in [0.1, 0.15) is 52.6 Å². The van der Waals surface area contributed by atoms with Crippen molar-refractivity contribution >= 4 is 11.9 Å². The molecule has 0 aliphatic carbocycles. The second-order valence-electron chi connectivity index (χ2n) is 5.70. The average molecular weight is 329 g/mol. The van der Waals surface area contributed by atoms with Crippen LogP contribution in [0.5, 0.6) is 0 Å². The van der Waals surface area contributed by atoms with Gasteiger partial charge in [0.05, 0.1) is 12.5 Å². The van der Waals surface area contributed by atoms with E-state index in [9.17, 15) is 9.59 Å². The SMILES string of the molecule is CCOC(=O)C(C)c1c(C)[nH]c(C(=O)OCc2ccccc2)c1C. The van der Waals surface area contributed by atoms with Gasteiger partial charge in [-0.25, -0.2) is 4.79 Å². The molecule has 0 amide bonds. The molecule has 0 fully saturated rings. The lowest BCUT2D eigenvalue weighted by Crippen LogP contribution is -2.14. The van der Waals surface area contributed by atoms with Gasteiger partial charge >= 0.3 is 11.9 Å². The Morgan fingerprint density at radius 3 is 2.42 bits per heavy atom. The standard InChI is InChI=1S/C19H23NO4/c1-5-23-18(21)13(3)16-12(2)17(20-14(16)4)19(22)24-11-15-9-7-6-8-10-15/h6-10,13,20H,5,11H2,1-4H3. The molecule has 0 saturated carbocycles. The Bertz CT molecular complexity index is 718. The van der Waals surface area contributed by atoms with E-state index in [4.69, 9.17) is 9.47 Å². The number of benzene rings is 1. The first-order chi connectivity index (χ1) is 11.5. The van der Waals surface area contributed by atoms with E-state index in [1.165, 1.54) is 0 Å². The van der Waals surface area contributed by atoms with Crippen LogP contribution in [-0.4, -0.2) is 23.5 Å². The molecule has 128 valence electrons. The van der Waals surface area contributed by atoms with Crippen molar-refractivity contribution in [1.29, 1.82) is 0 Å². The molecule has 1 aromatic carbocycles. The third-order valence-electron chi connectivity index (χ3n) is 3.99. The molecule has 2 rings (SSSR count). The third-order valence-corrected chi connectivity index (χ3v) is 3.99. The van der Waals surface area contributed by atoms with Gasteiger partial charge in [-0.3, -0.25) is 4.79 Å². The Hall–Kier alpha value is -2.56. The van der Waals surface area contributed by atoms with Gasteiger partial charge in [0.25, 0.3) is 0 Å². The van der Waals surface area contributed by atoms with Crippen LogP contribution in [0.15, 0.2) is 30.3 Å². The molecule has 2 aromatic rings. The molecule has 1 aromatic heterocycles. The highest BCUT2D eigenvalue weighted by Crippen LogP contribution is 2.27. The molecular weight excluding hydrogens is 306 g/mol. The fraction of sp³-hybridized carbons (Fsp3) is 0.368. The molecular formula is C19H23NO4. The van der Waals surface area contributed by atoms with Crippen LogP contribution >= 0.6 is 0 Å². The molecule has 1 atom stereocenters. The summed E-state index contributed by atoms with van der Waals surface area (Å²) in [6.45, 7) is 7.74. The number of hydrogen-bond donors (Lipinski definition) is 1. The smallest absolute Gasteiger partial charge is 0.355 e. The Morgan fingerprint density at radius 2 is 1.79 bits per heavy atom. The van der Waals surface area contributed by atoms with Crippen LogP contribution < -0.4 is 0 Å². The number of carbonyl (C=O) groups is 2. The Balaban J connectivity index is 2.15. The van der Waals surface area contributed by atoms with Gasteiger partial charge < -0.3 is 14.5 Å². The molecule has 5 heteroatoms. The predicted octanol–water partition coefficient (Wildman–Crippen LogP) is 3.66. The number of aromatic nitrogens is 1. The van der Waals surface area contributed by atoms with Crippen LogP contribution in [0.25, 0.3) is 0 Å². The van der Waals surface area contributed by atoms with Gasteiger partial charge in [0.15, 0.2) is 0 Å². The van der Waals surface area contributed by atoms with Gasteiger partial charge in [-0.1, -0.05) is 30.3 Å². The summed E-state index contributed by atoms with van der Waals surface area (Å²) in [5, 5.41) is 0. The summed E-state index contributed by atoms with van der Waals surface area (Å²) in [5.41, 5.74) is 3.60. The van der Waals surface area contributed by atoms with Crippen molar-refractivity contribution in [2.45, 2.75) is 40.2 Å². The maximum absolute atomic E-state index is 12.4. The van der Waals surface area contributed by atoms with Crippen LogP contribution in [0.2, 0.25) is 0 Å². The largest absolute Gasteiger partial charge is 0.466 e. The van der Waals surface area contributed by atoms with Crippen molar-refractivity contribution in [2.75, 3.05) is 6.61 Å². The van der Waals surface area contributed by atoms with E-state index >= 15 is 0 Å². The van der Waals surface area contributed by atoms with Gasteiger partial charge in [0, 0.05) is 5.69 Å². The van der Waals surface area contributed by atoms with Crippen LogP contribution in [0.4, 0.5) is 0 Å². The summed E-state index contributed by atoms with van der Waals surface area (Å²) in [6.07, 6.45) is 0. The van der Waals surface area contributed by atoms with E-state index in [2.05, 4.69) is 4.98 Å². The van der Waals surface area contributed by atoms with Crippen LogP contribution in [-0.2, 0) is 20.9 Å². The van der Waals surface area contributed by atoms with Crippen LogP contribution in [0.3, 0.4) is 0 Å². The highest BCUT2D eigenvalue weighted by molar-refractivity contribution is 5.91. The average Bonchev–Trinajstić information content (AvgIpc) is 2.88. The predicted molar refractivity (Wildman–Crippen MR) is 90.9 cm³/mol. The zero-order chi connectivity index (χ0) is 17.7. The van der Waals surface area contributed by atoms with Gasteiger partial charge in [-0.15, -0.1) is 0 Å². The van der Waals surface area contributed by atoms with E-state index in [1.54, 1.807) is 13.8 Å². The van der Waals surface area contributed by atoms with Crippen molar-refractivity contribution < 1.29 is 19.1 Å². The highest BCUT2D eigenvalue weighted by atomic mass is 16.5. The lowest BCUT2D eigenvalue weighted by atomic mass is 9.97. The molecule has 24 heavy (non-hydrogen) atoms. The fourth-order valence-corrected chi connectivity index (χ4v) is 2.80. The van der Waals surface area contributed by atoms with Crippen molar-refractivity contribution in [1.82, 2.24) is 4.98 Å². The summed E-state index contributed by atoms with van der Waals surface area (Å²) in [7, 11) is 0. The van der Waals surface area contributed by atoms with E-state index in [-0.39, 0.29) is 12.6 Å². The van der Waals surface area contributed by atoms with Gasteiger partial charge in [0.1, 0.15) is 12.3 Å². The van der Waals surface area contributed by atoms with Crippen molar-refractivity contribution in [3.05, 3.63) is 58.4 Å². The topological polar surface area (TPSA) is 68.4 Å². The summed E-state index contributed by atoms with van der Waals surface area (Å²) < 4.78 is 10.4. The fourth-order valence-electron chi connectivity index (χ4n) is 2.80. The number of carbonyl (C=O) groups excluding carboxylic acids is 2. The Kier molecular flexibility index (Phi) is 5.79. The lowest BCUT2D eigenvalue weighted by molar-refractivity contribution is -0.144. The normalized spacial score (nSPS) is 11.8. The molecule has 1 unspecified atom stereocenters. The number of H-pyrrole nitrogens is 1. The first kappa shape index (κ1) is 17.8. The van der Waals surface area contributed by atoms with Crippen molar-refractivity contribution in [3.63, 3.8) is 0 Å².